The molecule has 0 bridgehead atoms. The molecule has 3 fully saturated rings. The zero-order chi connectivity index (χ0) is 73.3. The number of sulfone groups is 4. The Kier molecular flexibility index (Phi) is 18.3. The minimum Gasteiger partial charge on any atom is -0.342 e. The first-order valence-corrected chi connectivity index (χ1v) is 39.9. The maximum absolute atomic E-state index is 13.5. The molecule has 6 aromatic carbocycles. The second-order valence-corrected chi connectivity index (χ2v) is 34.5. The van der Waals surface area contributed by atoms with Crippen LogP contribution in [0.15, 0.2) is 203 Å². The molecular weight excluding hydrogens is 1520 g/mol. The highest BCUT2D eigenvalue weighted by Crippen LogP contribution is 2.49. The maximum atomic E-state index is 13.5. The number of fused-ring (bicyclic) bond motifs is 3. The number of halogens is 4. The number of benzene rings is 6. The third-order valence-electron chi connectivity index (χ3n) is 17.8. The average molecular weight is 1580 g/mol. The van der Waals surface area contributed by atoms with E-state index in [4.69, 9.17) is 0 Å². The largest absolute Gasteiger partial charge is 0.342 e. The van der Waals surface area contributed by atoms with Crippen molar-refractivity contribution in [3.63, 3.8) is 0 Å². The Morgan fingerprint density at radius 3 is 1.05 bits per heavy atom. The Balaban J connectivity index is 0.000000138. The molecule has 6 aromatic heterocycles. The van der Waals surface area contributed by atoms with E-state index in [1.54, 1.807) is 70.2 Å². The minimum atomic E-state index is -3.69. The van der Waals surface area contributed by atoms with Crippen molar-refractivity contribution in [1.82, 2.24) is 60.2 Å². The second kappa shape index (κ2) is 26.7. The number of nitrogens with zero attached hydrogens (tertiary/aromatic N) is 10. The first-order valence-electron chi connectivity index (χ1n) is 31.3. The van der Waals surface area contributed by atoms with E-state index in [2.05, 4.69) is 74.9 Å². The van der Waals surface area contributed by atoms with Crippen molar-refractivity contribution in [2.24, 2.45) is 0 Å². The van der Waals surface area contributed by atoms with Crippen molar-refractivity contribution < 1.29 is 61.2 Å². The molecule has 0 saturated heterocycles. The summed E-state index contributed by atoms with van der Waals surface area (Å²) in [5, 5.41) is 33.2. The summed E-state index contributed by atoms with van der Waals surface area (Å²) in [7, 11) is -14.2. The molecular formula is C71H57F3IN13O11S4. The van der Waals surface area contributed by atoms with Crippen molar-refractivity contribution in [1.29, 1.82) is 5.26 Å². The van der Waals surface area contributed by atoms with E-state index in [1.807, 2.05) is 6.07 Å². The molecule has 32 heteroatoms. The van der Waals surface area contributed by atoms with E-state index in [1.165, 1.54) is 121 Å². The molecule has 3 amide bonds. The molecule has 3 saturated carbocycles. The van der Waals surface area contributed by atoms with Crippen molar-refractivity contribution in [2.75, 3.05) is 25.0 Å². The maximum Gasteiger partial charge on any atom is 0.252 e. The van der Waals surface area contributed by atoms with E-state index >= 15 is 0 Å². The molecule has 0 spiro atoms. The summed E-state index contributed by atoms with van der Waals surface area (Å²) in [5.41, 5.74) is 4.35. The number of hydrogen-bond donors (Lipinski definition) is 3. The molecule has 24 nitrogen and oxygen atoms in total. The van der Waals surface area contributed by atoms with E-state index in [0.29, 0.717) is 99.5 Å². The molecule has 3 aliphatic carbocycles. The molecule has 15 rings (SSSR count). The van der Waals surface area contributed by atoms with Crippen LogP contribution in [0.5, 0.6) is 0 Å². The Morgan fingerprint density at radius 1 is 0.427 bits per heavy atom. The number of carbonyl (C=O) groups is 3. The van der Waals surface area contributed by atoms with Crippen LogP contribution in [-0.2, 0) is 56.0 Å². The fraction of sp³-hybridized carbons (Fsp3) is 0.183. The smallest absolute Gasteiger partial charge is 0.252 e. The number of carbonyl (C=O) groups excluding carboxylic acids is 3. The number of amides is 3. The van der Waals surface area contributed by atoms with Crippen LogP contribution in [0.1, 0.15) is 91.9 Å². The van der Waals surface area contributed by atoms with Crippen molar-refractivity contribution in [3.8, 4) is 23.1 Å². The Labute approximate surface area is 600 Å². The molecule has 3 aliphatic rings. The van der Waals surface area contributed by atoms with E-state index in [-0.39, 0.29) is 54.2 Å². The lowest BCUT2D eigenvalue weighted by molar-refractivity contribution is 0.0923. The van der Waals surface area contributed by atoms with Crippen LogP contribution in [0.25, 0.3) is 49.8 Å². The lowest BCUT2D eigenvalue weighted by atomic mass is 10.0. The Morgan fingerprint density at radius 2 is 0.738 bits per heavy atom. The lowest BCUT2D eigenvalue weighted by Gasteiger charge is -2.19. The number of nitriles is 1. The summed E-state index contributed by atoms with van der Waals surface area (Å²) >= 11 is 2.15. The van der Waals surface area contributed by atoms with Gasteiger partial charge in [-0.2, -0.15) is 20.6 Å². The zero-order valence-corrected chi connectivity index (χ0v) is 60.1. The van der Waals surface area contributed by atoms with Crippen molar-refractivity contribution >= 4 is 112 Å². The summed E-state index contributed by atoms with van der Waals surface area (Å²) in [6.07, 6.45) is 17.0. The number of aromatic nitrogens is 9. The van der Waals surface area contributed by atoms with Gasteiger partial charge in [0.05, 0.1) is 102 Å². The van der Waals surface area contributed by atoms with E-state index in [0.717, 1.165) is 39.7 Å². The van der Waals surface area contributed by atoms with Gasteiger partial charge in [-0.25, -0.2) is 75.8 Å². The summed E-state index contributed by atoms with van der Waals surface area (Å²) in [5.74, 6) is -2.36. The summed E-state index contributed by atoms with van der Waals surface area (Å²) in [4.78, 5) is 52.0. The van der Waals surface area contributed by atoms with Crippen molar-refractivity contribution in [3.05, 3.63) is 243 Å². The quantitative estimate of drug-likeness (QED) is 0.0757. The van der Waals surface area contributed by atoms with Crippen LogP contribution < -0.4 is 16.0 Å². The van der Waals surface area contributed by atoms with Gasteiger partial charge in [-0.05, 0) is 223 Å². The SMILES string of the molecule is CS(=O)(=O)c1cc(C(=O)NC2(c3ccnc(S(C)(=O)=O)c3)CC2)c2cnn(-c3ccc(F)cc3)c2c1.CS(=O)(=O)c1cc(C2(NC(=O)c3cc(C#N)cc4c3cnn4-c3ccc(F)cc3)CC2)ccn1.CS(=O)(=O)c1cc(C2(NC(=O)c3cc(I)cc4c3cnn4-c3ccc(F)cc3)CC2)ccn1. The van der Waals surface area contributed by atoms with Gasteiger partial charge in [-0.3, -0.25) is 14.4 Å². The Bertz CT molecular complexity index is 6020. The second-order valence-electron chi connectivity index (χ2n) is 25.3. The summed E-state index contributed by atoms with van der Waals surface area (Å²) in [6, 6.07) is 38.4. The predicted octanol–water partition coefficient (Wildman–Crippen LogP) is 10.0. The van der Waals surface area contributed by atoms with Crippen LogP contribution in [0.2, 0.25) is 0 Å². The van der Waals surface area contributed by atoms with E-state index in [9.17, 15) is 66.5 Å². The molecule has 0 unspecified atom stereocenters. The van der Waals surface area contributed by atoms with Gasteiger partial charge in [0.1, 0.15) is 17.5 Å². The average Bonchev–Trinajstić information content (AvgIpc) is 1.62. The molecule has 6 heterocycles. The predicted molar refractivity (Wildman–Crippen MR) is 381 cm³/mol. The monoisotopic (exact) mass is 1580 g/mol. The van der Waals surface area contributed by atoms with Crippen LogP contribution >= 0.6 is 22.6 Å². The minimum absolute atomic E-state index is 0.0160. The molecule has 0 radical (unpaired) electrons. The molecule has 103 heavy (non-hydrogen) atoms. The van der Waals surface area contributed by atoms with Crippen LogP contribution in [0.4, 0.5) is 13.2 Å². The number of nitrogens with one attached hydrogen (secondary N) is 3. The van der Waals surface area contributed by atoms with Gasteiger partial charge in [0.15, 0.2) is 54.4 Å². The van der Waals surface area contributed by atoms with Gasteiger partial charge in [0, 0.05) is 63.3 Å². The Hall–Kier alpha value is -10.6. The molecule has 0 aliphatic heterocycles. The van der Waals surface area contributed by atoms with Gasteiger partial charge in [0.25, 0.3) is 17.7 Å². The third kappa shape index (κ3) is 14.8. The molecule has 12 aromatic rings. The highest BCUT2D eigenvalue weighted by molar-refractivity contribution is 14.1. The van der Waals surface area contributed by atoms with Gasteiger partial charge in [-0.1, -0.05) is 0 Å². The fourth-order valence-electron chi connectivity index (χ4n) is 11.9. The van der Waals surface area contributed by atoms with E-state index < -0.39 is 73.6 Å². The highest BCUT2D eigenvalue weighted by atomic mass is 127. The van der Waals surface area contributed by atoms with Gasteiger partial charge < -0.3 is 16.0 Å². The van der Waals surface area contributed by atoms with Gasteiger partial charge in [0.2, 0.25) is 0 Å². The van der Waals surface area contributed by atoms with Gasteiger partial charge >= 0.3 is 0 Å². The van der Waals surface area contributed by atoms with Crippen LogP contribution in [0, 0.1) is 32.4 Å². The summed E-state index contributed by atoms with van der Waals surface area (Å²) < 4.78 is 142. The standard InChI is InChI=1S/C24H18FN5O3S.C24H21FN4O5S2.C23H18FIN4O3S/c1-34(32,33)22-12-16(6-9-27-22)24(7-8-24)29-23(31)19-10-15(13-26)11-21-20(19)14-28-30(21)18-4-2-17(25)3-5-18;1-35(31,32)18-12-19(20-14-27-29(21(20)13-18)17-5-3-16(25)4-6-17)23(30)28-24(8-9-24)15-7-10-26-22(11-15)36(2,33)34;1-33(31,32)21-10-14(6-9-26-21)23(7-8-23)28-22(30)18-11-16(25)12-20-19(18)13-27-29(20)17-4-2-15(24)3-5-17/h2-6,9-12,14H,7-8H2,1H3,(H,29,31);3-7,10-14H,8-9H2,1-2H3,(H,28,30);2-6,9-13H,7-8H2,1H3,(H,28,30). The topological polar surface area (TPSA) is 340 Å². The number of hydrogen-bond acceptors (Lipinski definition) is 18. The first kappa shape index (κ1) is 70.8. The van der Waals surface area contributed by atoms with Crippen LogP contribution in [-0.4, -0.2) is 121 Å². The number of rotatable bonds is 16. The van der Waals surface area contributed by atoms with Crippen molar-refractivity contribution in [2.45, 2.75) is 75.1 Å². The zero-order valence-electron chi connectivity index (χ0n) is 54.7. The van der Waals surface area contributed by atoms with Crippen LogP contribution in [0.3, 0.4) is 0 Å². The van der Waals surface area contributed by atoms with Gasteiger partial charge in [-0.15, -0.1) is 0 Å². The molecule has 3 N–H and O–H groups in total. The number of pyridine rings is 3. The normalized spacial score (nSPS) is 14.8. The lowest BCUT2D eigenvalue weighted by Crippen LogP contribution is -2.35. The molecule has 524 valence electrons. The highest BCUT2D eigenvalue weighted by Gasteiger charge is 2.49. The molecule has 0 atom stereocenters. The summed E-state index contributed by atoms with van der Waals surface area (Å²) in [6.45, 7) is 0. The first-order chi connectivity index (χ1) is 48.7. The fourth-order valence-corrected chi connectivity index (χ4v) is 15.0. The third-order valence-corrected chi connectivity index (χ3v) is 22.5.